The van der Waals surface area contributed by atoms with Gasteiger partial charge in [-0.15, -0.1) is 0 Å². The molecule has 2 N–H and O–H groups in total. The molecular weight excluding hydrogens is 216 g/mol. The van der Waals surface area contributed by atoms with E-state index in [1.807, 2.05) is 18.3 Å². The quantitative estimate of drug-likeness (QED) is 0.826. The summed E-state index contributed by atoms with van der Waals surface area (Å²) in [7, 11) is 0. The SMILES string of the molecule is CC(NCC1(O)CCOCC1)c1cccnc1. The van der Waals surface area contributed by atoms with Crippen molar-refractivity contribution in [3.05, 3.63) is 30.1 Å². The lowest BCUT2D eigenvalue weighted by atomic mass is 9.94. The fourth-order valence-electron chi connectivity index (χ4n) is 2.02. The minimum Gasteiger partial charge on any atom is -0.388 e. The Balaban J connectivity index is 1.85. The summed E-state index contributed by atoms with van der Waals surface area (Å²) >= 11 is 0. The Bertz CT molecular complexity index is 337. The molecule has 0 aromatic carbocycles. The minimum absolute atomic E-state index is 0.204. The van der Waals surface area contributed by atoms with Gasteiger partial charge in [0.1, 0.15) is 0 Å². The number of rotatable bonds is 4. The first-order valence-corrected chi connectivity index (χ1v) is 6.13. The molecule has 1 aliphatic heterocycles. The van der Waals surface area contributed by atoms with Crippen LogP contribution in [0.4, 0.5) is 0 Å². The van der Waals surface area contributed by atoms with Crippen molar-refractivity contribution in [2.24, 2.45) is 0 Å². The van der Waals surface area contributed by atoms with Crippen LogP contribution in [0.3, 0.4) is 0 Å². The van der Waals surface area contributed by atoms with Gasteiger partial charge in [-0.2, -0.15) is 0 Å². The zero-order chi connectivity index (χ0) is 12.1. The maximum absolute atomic E-state index is 10.3. The number of pyridine rings is 1. The topological polar surface area (TPSA) is 54.4 Å². The summed E-state index contributed by atoms with van der Waals surface area (Å²) in [6.07, 6.45) is 5.04. The summed E-state index contributed by atoms with van der Waals surface area (Å²) in [5.74, 6) is 0. The monoisotopic (exact) mass is 236 g/mol. The van der Waals surface area contributed by atoms with Crippen LogP contribution in [0, 0.1) is 0 Å². The Labute approximate surface area is 102 Å². The lowest BCUT2D eigenvalue weighted by molar-refractivity contribution is -0.0626. The highest BCUT2D eigenvalue weighted by Crippen LogP contribution is 2.20. The van der Waals surface area contributed by atoms with Gasteiger partial charge in [-0.3, -0.25) is 4.98 Å². The van der Waals surface area contributed by atoms with E-state index >= 15 is 0 Å². The largest absolute Gasteiger partial charge is 0.388 e. The van der Waals surface area contributed by atoms with Gasteiger partial charge < -0.3 is 15.2 Å². The number of ether oxygens (including phenoxy) is 1. The summed E-state index contributed by atoms with van der Waals surface area (Å²) in [5, 5.41) is 13.7. The van der Waals surface area contributed by atoms with E-state index in [0.29, 0.717) is 32.6 Å². The number of aromatic nitrogens is 1. The van der Waals surface area contributed by atoms with Crippen molar-refractivity contribution in [1.82, 2.24) is 10.3 Å². The molecule has 0 amide bonds. The van der Waals surface area contributed by atoms with E-state index in [1.165, 1.54) is 0 Å². The van der Waals surface area contributed by atoms with E-state index in [0.717, 1.165) is 5.56 Å². The predicted molar refractivity (Wildman–Crippen MR) is 65.7 cm³/mol. The highest BCUT2D eigenvalue weighted by molar-refractivity contribution is 5.12. The maximum Gasteiger partial charge on any atom is 0.0815 e. The summed E-state index contributed by atoms with van der Waals surface area (Å²) in [6, 6.07) is 4.17. The van der Waals surface area contributed by atoms with Crippen LogP contribution in [0.5, 0.6) is 0 Å². The molecule has 94 valence electrons. The minimum atomic E-state index is -0.616. The smallest absolute Gasteiger partial charge is 0.0815 e. The highest BCUT2D eigenvalue weighted by Gasteiger charge is 2.29. The van der Waals surface area contributed by atoms with E-state index in [1.54, 1.807) is 6.20 Å². The molecular formula is C13H20N2O2. The molecule has 4 heteroatoms. The number of hydrogen-bond acceptors (Lipinski definition) is 4. The van der Waals surface area contributed by atoms with Gasteiger partial charge in [0, 0.05) is 51.0 Å². The van der Waals surface area contributed by atoms with Crippen LogP contribution in [0.2, 0.25) is 0 Å². The van der Waals surface area contributed by atoms with Crippen LogP contribution < -0.4 is 5.32 Å². The average molecular weight is 236 g/mol. The van der Waals surface area contributed by atoms with Gasteiger partial charge in [-0.1, -0.05) is 6.07 Å². The lowest BCUT2D eigenvalue weighted by Gasteiger charge is -2.33. The van der Waals surface area contributed by atoms with E-state index in [9.17, 15) is 5.11 Å². The zero-order valence-electron chi connectivity index (χ0n) is 10.2. The van der Waals surface area contributed by atoms with Crippen molar-refractivity contribution in [3.8, 4) is 0 Å². The highest BCUT2D eigenvalue weighted by atomic mass is 16.5. The molecule has 0 aliphatic carbocycles. The predicted octanol–water partition coefficient (Wildman–Crippen LogP) is 1.27. The van der Waals surface area contributed by atoms with Crippen LogP contribution in [-0.2, 0) is 4.74 Å². The Morgan fingerprint density at radius 1 is 1.53 bits per heavy atom. The molecule has 4 nitrogen and oxygen atoms in total. The Morgan fingerprint density at radius 3 is 2.94 bits per heavy atom. The first kappa shape index (κ1) is 12.5. The summed E-state index contributed by atoms with van der Waals surface area (Å²) in [5.41, 5.74) is 0.525. The number of aliphatic hydroxyl groups is 1. The fraction of sp³-hybridized carbons (Fsp3) is 0.615. The third-order valence-electron chi connectivity index (χ3n) is 3.35. The van der Waals surface area contributed by atoms with Gasteiger partial charge in [0.15, 0.2) is 0 Å². The lowest BCUT2D eigenvalue weighted by Crippen LogP contribution is -2.45. The van der Waals surface area contributed by atoms with Gasteiger partial charge in [0.2, 0.25) is 0 Å². The summed E-state index contributed by atoms with van der Waals surface area (Å²) < 4.78 is 5.26. The second-order valence-corrected chi connectivity index (χ2v) is 4.73. The molecule has 1 aliphatic rings. The van der Waals surface area contributed by atoms with Crippen molar-refractivity contribution in [1.29, 1.82) is 0 Å². The molecule has 1 aromatic heterocycles. The molecule has 1 saturated heterocycles. The maximum atomic E-state index is 10.3. The third-order valence-corrected chi connectivity index (χ3v) is 3.35. The van der Waals surface area contributed by atoms with Crippen molar-refractivity contribution >= 4 is 0 Å². The number of nitrogens with zero attached hydrogens (tertiary/aromatic N) is 1. The van der Waals surface area contributed by atoms with Gasteiger partial charge in [0.25, 0.3) is 0 Å². The summed E-state index contributed by atoms with van der Waals surface area (Å²) in [4.78, 5) is 4.10. The van der Waals surface area contributed by atoms with Crippen LogP contribution in [0.15, 0.2) is 24.5 Å². The van der Waals surface area contributed by atoms with Crippen LogP contribution in [0.25, 0.3) is 0 Å². The molecule has 1 atom stereocenters. The molecule has 0 bridgehead atoms. The molecule has 0 radical (unpaired) electrons. The van der Waals surface area contributed by atoms with Crippen LogP contribution in [0.1, 0.15) is 31.4 Å². The number of nitrogens with one attached hydrogen (secondary N) is 1. The Kier molecular flexibility index (Phi) is 4.10. The molecule has 2 heterocycles. The van der Waals surface area contributed by atoms with Crippen LogP contribution in [-0.4, -0.2) is 35.5 Å². The molecule has 2 rings (SSSR count). The van der Waals surface area contributed by atoms with Crippen molar-refractivity contribution in [3.63, 3.8) is 0 Å². The van der Waals surface area contributed by atoms with E-state index in [4.69, 9.17) is 4.74 Å². The molecule has 1 unspecified atom stereocenters. The Hall–Kier alpha value is -0.970. The second-order valence-electron chi connectivity index (χ2n) is 4.73. The fourth-order valence-corrected chi connectivity index (χ4v) is 2.02. The van der Waals surface area contributed by atoms with E-state index in [2.05, 4.69) is 17.2 Å². The van der Waals surface area contributed by atoms with E-state index < -0.39 is 5.60 Å². The zero-order valence-corrected chi connectivity index (χ0v) is 10.2. The summed E-state index contributed by atoms with van der Waals surface area (Å²) in [6.45, 7) is 3.99. The molecule has 1 aromatic rings. The number of hydrogen-bond donors (Lipinski definition) is 2. The molecule has 0 saturated carbocycles. The van der Waals surface area contributed by atoms with Crippen molar-refractivity contribution in [2.45, 2.75) is 31.4 Å². The Morgan fingerprint density at radius 2 is 2.29 bits per heavy atom. The molecule has 17 heavy (non-hydrogen) atoms. The van der Waals surface area contributed by atoms with Gasteiger partial charge in [0.05, 0.1) is 5.60 Å². The average Bonchev–Trinajstić information content (AvgIpc) is 2.38. The first-order valence-electron chi connectivity index (χ1n) is 6.13. The molecule has 1 fully saturated rings. The third kappa shape index (κ3) is 3.49. The van der Waals surface area contributed by atoms with Gasteiger partial charge >= 0.3 is 0 Å². The first-order chi connectivity index (χ1) is 8.20. The van der Waals surface area contributed by atoms with Gasteiger partial charge in [-0.25, -0.2) is 0 Å². The second kappa shape index (κ2) is 5.58. The normalized spacial score (nSPS) is 21.1. The van der Waals surface area contributed by atoms with Crippen LogP contribution >= 0.6 is 0 Å². The van der Waals surface area contributed by atoms with Gasteiger partial charge in [-0.05, 0) is 18.6 Å². The van der Waals surface area contributed by atoms with E-state index in [-0.39, 0.29) is 6.04 Å². The standard InChI is InChI=1S/C13H20N2O2/c1-11(12-3-2-6-14-9-12)15-10-13(16)4-7-17-8-5-13/h2-3,6,9,11,15-16H,4-5,7-8,10H2,1H3. The van der Waals surface area contributed by atoms with Crippen molar-refractivity contribution in [2.75, 3.05) is 19.8 Å². The molecule has 0 spiro atoms. The van der Waals surface area contributed by atoms with Crippen molar-refractivity contribution < 1.29 is 9.84 Å².